The van der Waals surface area contributed by atoms with E-state index in [-0.39, 0.29) is 5.91 Å². The van der Waals surface area contributed by atoms with Gasteiger partial charge in [-0.25, -0.2) is 4.98 Å². The van der Waals surface area contributed by atoms with E-state index in [9.17, 15) is 4.79 Å². The van der Waals surface area contributed by atoms with Crippen molar-refractivity contribution < 1.29 is 14.3 Å². The van der Waals surface area contributed by atoms with Crippen LogP contribution in [0.4, 0.5) is 11.5 Å². The minimum atomic E-state index is -0.293. The van der Waals surface area contributed by atoms with Gasteiger partial charge in [0.2, 0.25) is 0 Å². The summed E-state index contributed by atoms with van der Waals surface area (Å²) in [6.45, 7) is 2.06. The summed E-state index contributed by atoms with van der Waals surface area (Å²) < 4.78 is 10.4. The quantitative estimate of drug-likeness (QED) is 0.881. The molecule has 1 saturated heterocycles. The van der Waals surface area contributed by atoms with Gasteiger partial charge in [0.15, 0.2) is 11.5 Å². The molecule has 0 spiro atoms. The highest BCUT2D eigenvalue weighted by molar-refractivity contribution is 6.32. The first-order chi connectivity index (χ1) is 12.1. The summed E-state index contributed by atoms with van der Waals surface area (Å²) in [6, 6.07) is 6.90. The second kappa shape index (κ2) is 7.61. The number of carbonyl (C=O) groups excluding carboxylic acids is 1. The highest BCUT2D eigenvalue weighted by Crippen LogP contribution is 2.36. The van der Waals surface area contributed by atoms with Crippen molar-refractivity contribution in [3.8, 4) is 11.5 Å². The van der Waals surface area contributed by atoms with Crippen LogP contribution in [0, 0.1) is 0 Å². The number of ether oxygens (including phenoxy) is 2. The third-order valence-electron chi connectivity index (χ3n) is 4.13. The van der Waals surface area contributed by atoms with E-state index in [0.717, 1.165) is 18.9 Å². The fourth-order valence-electron chi connectivity index (χ4n) is 2.85. The summed E-state index contributed by atoms with van der Waals surface area (Å²) in [5, 5.41) is 3.13. The molecule has 0 atom stereocenters. The largest absolute Gasteiger partial charge is 0.493 e. The van der Waals surface area contributed by atoms with Crippen molar-refractivity contribution in [3.63, 3.8) is 0 Å². The molecule has 0 unspecified atom stereocenters. The lowest BCUT2D eigenvalue weighted by atomic mass is 10.2. The molecule has 0 radical (unpaired) electrons. The molecule has 1 aromatic carbocycles. The van der Waals surface area contributed by atoms with Crippen molar-refractivity contribution in [2.75, 3.05) is 37.5 Å². The molecule has 2 heterocycles. The van der Waals surface area contributed by atoms with Crippen LogP contribution in [-0.4, -0.2) is 38.2 Å². The lowest BCUT2D eigenvalue weighted by Gasteiger charge is -2.16. The smallest absolute Gasteiger partial charge is 0.255 e. The molecule has 3 rings (SSSR count). The molecule has 1 aromatic heterocycles. The molecule has 0 aliphatic carbocycles. The maximum absolute atomic E-state index is 12.5. The Labute approximate surface area is 151 Å². The zero-order valence-corrected chi connectivity index (χ0v) is 15.0. The molecule has 1 amide bonds. The van der Waals surface area contributed by atoms with E-state index in [0.29, 0.717) is 27.8 Å². The van der Waals surface area contributed by atoms with Gasteiger partial charge >= 0.3 is 0 Å². The van der Waals surface area contributed by atoms with Gasteiger partial charge in [-0.05, 0) is 37.1 Å². The first kappa shape index (κ1) is 17.4. The number of nitrogens with one attached hydrogen (secondary N) is 1. The summed E-state index contributed by atoms with van der Waals surface area (Å²) in [5.74, 6) is 1.45. The van der Waals surface area contributed by atoms with Gasteiger partial charge in [0.25, 0.3) is 5.91 Å². The molecule has 132 valence electrons. The molecule has 2 aromatic rings. The van der Waals surface area contributed by atoms with Gasteiger partial charge in [0.05, 0.1) is 31.1 Å². The Balaban J connectivity index is 1.74. The molecule has 1 aliphatic heterocycles. The van der Waals surface area contributed by atoms with Gasteiger partial charge in [-0.15, -0.1) is 0 Å². The summed E-state index contributed by atoms with van der Waals surface area (Å²) >= 11 is 6.15. The van der Waals surface area contributed by atoms with Crippen LogP contribution in [-0.2, 0) is 0 Å². The van der Waals surface area contributed by atoms with Crippen LogP contribution < -0.4 is 19.7 Å². The minimum absolute atomic E-state index is 0.293. The second-order valence-electron chi connectivity index (χ2n) is 5.75. The van der Waals surface area contributed by atoms with Crippen LogP contribution in [0.1, 0.15) is 23.2 Å². The molecule has 0 saturated carbocycles. The lowest BCUT2D eigenvalue weighted by molar-refractivity contribution is 0.102. The van der Waals surface area contributed by atoms with Crippen molar-refractivity contribution in [1.82, 2.24) is 4.98 Å². The van der Waals surface area contributed by atoms with E-state index in [1.165, 1.54) is 27.1 Å². The van der Waals surface area contributed by atoms with E-state index in [1.54, 1.807) is 18.3 Å². The van der Waals surface area contributed by atoms with Crippen molar-refractivity contribution in [1.29, 1.82) is 0 Å². The Kier molecular flexibility index (Phi) is 5.28. The average molecular weight is 362 g/mol. The number of nitrogens with zero attached hydrogens (tertiary/aromatic N) is 2. The van der Waals surface area contributed by atoms with Crippen molar-refractivity contribution in [3.05, 3.63) is 41.0 Å². The zero-order valence-electron chi connectivity index (χ0n) is 14.2. The van der Waals surface area contributed by atoms with Crippen LogP contribution in [0.5, 0.6) is 11.5 Å². The van der Waals surface area contributed by atoms with Gasteiger partial charge in [-0.2, -0.15) is 0 Å². The molecule has 1 fully saturated rings. The standard InChI is InChI=1S/C18H20ClN3O3/c1-24-15-10-12(9-14(19)17(15)25-2)18(23)21-13-5-6-16(20-11-13)22-7-3-4-8-22/h5-6,9-11H,3-4,7-8H2,1-2H3,(H,21,23). The molecular formula is C18H20ClN3O3. The van der Waals surface area contributed by atoms with Gasteiger partial charge < -0.3 is 19.7 Å². The van der Waals surface area contributed by atoms with Crippen molar-refractivity contribution in [2.45, 2.75) is 12.8 Å². The molecule has 1 aliphatic rings. The Morgan fingerprint density at radius 1 is 1.20 bits per heavy atom. The molecule has 6 nitrogen and oxygen atoms in total. The van der Waals surface area contributed by atoms with E-state index < -0.39 is 0 Å². The number of hydrogen-bond acceptors (Lipinski definition) is 5. The van der Waals surface area contributed by atoms with Crippen LogP contribution in [0.15, 0.2) is 30.5 Å². The first-order valence-corrected chi connectivity index (χ1v) is 8.44. The predicted octanol–water partition coefficient (Wildman–Crippen LogP) is 3.60. The van der Waals surface area contributed by atoms with E-state index in [1.807, 2.05) is 12.1 Å². The average Bonchev–Trinajstić information content (AvgIpc) is 3.16. The normalized spacial score (nSPS) is 13.6. The van der Waals surface area contributed by atoms with Crippen LogP contribution in [0.2, 0.25) is 5.02 Å². The number of pyridine rings is 1. The molecule has 0 bridgehead atoms. The fourth-order valence-corrected chi connectivity index (χ4v) is 3.13. The molecular weight excluding hydrogens is 342 g/mol. The van der Waals surface area contributed by atoms with Gasteiger partial charge in [-0.1, -0.05) is 11.6 Å². The maximum atomic E-state index is 12.5. The number of rotatable bonds is 5. The number of hydrogen-bond donors (Lipinski definition) is 1. The number of benzene rings is 1. The number of amides is 1. The number of aromatic nitrogens is 1. The van der Waals surface area contributed by atoms with E-state index >= 15 is 0 Å². The SMILES string of the molecule is COc1cc(C(=O)Nc2ccc(N3CCCC3)nc2)cc(Cl)c1OC. The van der Waals surface area contributed by atoms with Crippen molar-refractivity contribution in [2.24, 2.45) is 0 Å². The van der Waals surface area contributed by atoms with Crippen LogP contribution in [0.3, 0.4) is 0 Å². The zero-order chi connectivity index (χ0) is 17.8. The number of carbonyl (C=O) groups is 1. The summed E-state index contributed by atoms with van der Waals surface area (Å²) in [6.07, 6.45) is 4.05. The highest BCUT2D eigenvalue weighted by atomic mass is 35.5. The third kappa shape index (κ3) is 3.79. The summed E-state index contributed by atoms with van der Waals surface area (Å²) in [7, 11) is 2.99. The molecule has 7 heteroatoms. The molecule has 1 N–H and O–H groups in total. The summed E-state index contributed by atoms with van der Waals surface area (Å²) in [5.41, 5.74) is 1.00. The Hall–Kier alpha value is -2.47. The van der Waals surface area contributed by atoms with E-state index in [2.05, 4.69) is 15.2 Å². The second-order valence-corrected chi connectivity index (χ2v) is 6.15. The van der Waals surface area contributed by atoms with Crippen LogP contribution in [0.25, 0.3) is 0 Å². The number of methoxy groups -OCH3 is 2. The third-order valence-corrected chi connectivity index (χ3v) is 4.41. The number of halogens is 1. The van der Waals surface area contributed by atoms with Crippen molar-refractivity contribution >= 4 is 29.0 Å². The van der Waals surface area contributed by atoms with Crippen LogP contribution >= 0.6 is 11.6 Å². The van der Waals surface area contributed by atoms with Gasteiger partial charge in [0.1, 0.15) is 5.82 Å². The monoisotopic (exact) mass is 361 g/mol. The van der Waals surface area contributed by atoms with E-state index in [4.69, 9.17) is 21.1 Å². The molecule has 25 heavy (non-hydrogen) atoms. The van der Waals surface area contributed by atoms with Gasteiger partial charge in [-0.3, -0.25) is 4.79 Å². The Morgan fingerprint density at radius 3 is 2.56 bits per heavy atom. The van der Waals surface area contributed by atoms with Gasteiger partial charge in [0, 0.05) is 18.7 Å². The Bertz CT molecular complexity index is 759. The first-order valence-electron chi connectivity index (χ1n) is 8.06. The maximum Gasteiger partial charge on any atom is 0.255 e. The summed E-state index contributed by atoms with van der Waals surface area (Å²) in [4.78, 5) is 19.1. The lowest BCUT2D eigenvalue weighted by Crippen LogP contribution is -2.19. The topological polar surface area (TPSA) is 63.7 Å². The fraction of sp³-hybridized carbons (Fsp3) is 0.333. The highest BCUT2D eigenvalue weighted by Gasteiger charge is 2.16. The number of anilines is 2. The minimum Gasteiger partial charge on any atom is -0.493 e. The predicted molar refractivity (Wildman–Crippen MR) is 98.2 cm³/mol. The Morgan fingerprint density at radius 2 is 1.96 bits per heavy atom.